The van der Waals surface area contributed by atoms with Gasteiger partial charge in [-0.3, -0.25) is 4.79 Å². The Kier molecular flexibility index (Phi) is 5.25. The second-order valence-corrected chi connectivity index (χ2v) is 7.34. The van der Waals surface area contributed by atoms with Gasteiger partial charge in [0.2, 0.25) is 0 Å². The number of esters is 1. The first kappa shape index (κ1) is 19.6. The highest BCUT2D eigenvalue weighted by Crippen LogP contribution is 2.36. The van der Waals surface area contributed by atoms with Gasteiger partial charge in [0.1, 0.15) is 0 Å². The van der Waals surface area contributed by atoms with Gasteiger partial charge in [-0.2, -0.15) is 0 Å². The van der Waals surface area contributed by atoms with Crippen LogP contribution in [0.25, 0.3) is 5.57 Å². The SMILES string of the molecule is CCC(Nc1ccc(C(C)(C)N)cc1)=C1C(=O)Nc2cc(C(=O)OC)ccc21. The number of benzene rings is 2. The van der Waals surface area contributed by atoms with Crippen molar-refractivity contribution < 1.29 is 14.3 Å². The molecule has 6 heteroatoms. The molecule has 1 aliphatic heterocycles. The Hall–Kier alpha value is -3.12. The van der Waals surface area contributed by atoms with Crippen LogP contribution in [-0.4, -0.2) is 19.0 Å². The lowest BCUT2D eigenvalue weighted by Gasteiger charge is -2.20. The van der Waals surface area contributed by atoms with E-state index in [9.17, 15) is 9.59 Å². The summed E-state index contributed by atoms with van der Waals surface area (Å²) in [6.45, 7) is 5.90. The highest BCUT2D eigenvalue weighted by atomic mass is 16.5. The van der Waals surface area contributed by atoms with E-state index in [0.717, 1.165) is 22.5 Å². The third kappa shape index (κ3) is 3.77. The molecule has 4 N–H and O–H groups in total. The minimum atomic E-state index is -0.439. The lowest BCUT2D eigenvalue weighted by atomic mass is 9.95. The van der Waals surface area contributed by atoms with E-state index in [1.165, 1.54) is 7.11 Å². The summed E-state index contributed by atoms with van der Waals surface area (Å²) in [5.41, 5.74) is 10.8. The normalized spacial score (nSPS) is 15.0. The highest BCUT2D eigenvalue weighted by molar-refractivity contribution is 6.32. The molecule has 0 unspecified atom stereocenters. The van der Waals surface area contributed by atoms with Crippen molar-refractivity contribution in [3.8, 4) is 0 Å². The summed E-state index contributed by atoms with van der Waals surface area (Å²) in [5, 5.41) is 6.19. The summed E-state index contributed by atoms with van der Waals surface area (Å²) in [5.74, 6) is -0.632. The fourth-order valence-corrected chi connectivity index (χ4v) is 3.20. The van der Waals surface area contributed by atoms with Crippen molar-refractivity contribution in [1.29, 1.82) is 0 Å². The molecule has 1 heterocycles. The number of allylic oxidation sites excluding steroid dienone is 1. The van der Waals surface area contributed by atoms with Crippen molar-refractivity contribution in [3.05, 3.63) is 64.9 Å². The monoisotopic (exact) mass is 379 g/mol. The van der Waals surface area contributed by atoms with E-state index in [1.54, 1.807) is 18.2 Å². The molecule has 0 radical (unpaired) electrons. The summed E-state index contributed by atoms with van der Waals surface area (Å²) < 4.78 is 4.75. The molecule has 0 bridgehead atoms. The second-order valence-electron chi connectivity index (χ2n) is 7.34. The van der Waals surface area contributed by atoms with Crippen LogP contribution in [0.3, 0.4) is 0 Å². The number of fused-ring (bicyclic) bond motifs is 1. The van der Waals surface area contributed by atoms with E-state index in [1.807, 2.05) is 45.0 Å². The summed E-state index contributed by atoms with van der Waals surface area (Å²) >= 11 is 0. The Balaban J connectivity index is 1.95. The zero-order valence-corrected chi connectivity index (χ0v) is 16.6. The quantitative estimate of drug-likeness (QED) is 0.542. The first-order chi connectivity index (χ1) is 13.2. The number of hydrogen-bond donors (Lipinski definition) is 3. The molecule has 1 aliphatic rings. The number of methoxy groups -OCH3 is 1. The third-order valence-electron chi connectivity index (χ3n) is 4.76. The third-order valence-corrected chi connectivity index (χ3v) is 4.76. The molecular weight excluding hydrogens is 354 g/mol. The van der Waals surface area contributed by atoms with Gasteiger partial charge in [0.05, 0.1) is 23.9 Å². The van der Waals surface area contributed by atoms with E-state index >= 15 is 0 Å². The first-order valence-corrected chi connectivity index (χ1v) is 9.18. The van der Waals surface area contributed by atoms with Crippen molar-refractivity contribution in [2.75, 3.05) is 17.7 Å². The number of ether oxygens (including phenoxy) is 1. The van der Waals surface area contributed by atoms with Gasteiger partial charge in [-0.05, 0) is 50.1 Å². The number of nitrogens with two attached hydrogens (primary N) is 1. The van der Waals surface area contributed by atoms with Crippen molar-refractivity contribution in [2.24, 2.45) is 5.73 Å². The molecular formula is C22H25N3O3. The molecule has 0 aliphatic carbocycles. The van der Waals surface area contributed by atoms with Crippen LogP contribution in [0.1, 0.15) is 48.7 Å². The van der Waals surface area contributed by atoms with Gasteiger partial charge in [0.25, 0.3) is 5.91 Å². The van der Waals surface area contributed by atoms with Crippen LogP contribution >= 0.6 is 0 Å². The van der Waals surface area contributed by atoms with E-state index < -0.39 is 11.5 Å². The maximum absolute atomic E-state index is 12.6. The summed E-state index contributed by atoms with van der Waals surface area (Å²) in [4.78, 5) is 24.4. The summed E-state index contributed by atoms with van der Waals surface area (Å²) in [6, 6.07) is 12.9. The summed E-state index contributed by atoms with van der Waals surface area (Å²) in [7, 11) is 1.33. The largest absolute Gasteiger partial charge is 0.465 e. The standard InChI is InChI=1S/C22H25N3O3/c1-5-17(24-15-9-7-14(8-10-15)22(2,3)23)19-16-11-6-13(21(27)28-4)12-18(16)25-20(19)26/h6-12,24H,5,23H2,1-4H3,(H,25,26). The molecule has 0 saturated heterocycles. The average Bonchev–Trinajstić information content (AvgIpc) is 3.00. The predicted molar refractivity (Wildman–Crippen MR) is 111 cm³/mol. The highest BCUT2D eigenvalue weighted by Gasteiger charge is 2.28. The molecule has 0 fully saturated rings. The fraction of sp³-hybridized carbons (Fsp3) is 0.273. The maximum atomic E-state index is 12.6. The molecule has 0 atom stereocenters. The van der Waals surface area contributed by atoms with Crippen LogP contribution in [-0.2, 0) is 15.1 Å². The fourth-order valence-electron chi connectivity index (χ4n) is 3.20. The smallest absolute Gasteiger partial charge is 0.337 e. The number of rotatable bonds is 5. The first-order valence-electron chi connectivity index (χ1n) is 9.18. The van der Waals surface area contributed by atoms with E-state index in [0.29, 0.717) is 23.2 Å². The molecule has 6 nitrogen and oxygen atoms in total. The van der Waals surface area contributed by atoms with Crippen molar-refractivity contribution >= 4 is 28.8 Å². The Labute approximate surface area is 164 Å². The lowest BCUT2D eigenvalue weighted by Crippen LogP contribution is -2.28. The van der Waals surface area contributed by atoms with Gasteiger partial charge < -0.3 is 21.1 Å². The van der Waals surface area contributed by atoms with Gasteiger partial charge in [-0.25, -0.2) is 4.79 Å². The molecule has 146 valence electrons. The van der Waals surface area contributed by atoms with Gasteiger partial charge in [0.15, 0.2) is 0 Å². The van der Waals surface area contributed by atoms with Crippen LogP contribution in [0.2, 0.25) is 0 Å². The van der Waals surface area contributed by atoms with Gasteiger partial charge in [-0.15, -0.1) is 0 Å². The molecule has 1 amide bonds. The molecule has 3 rings (SSSR count). The number of anilines is 2. The maximum Gasteiger partial charge on any atom is 0.337 e. The number of nitrogens with one attached hydrogen (secondary N) is 2. The van der Waals surface area contributed by atoms with Gasteiger partial charge >= 0.3 is 5.97 Å². The van der Waals surface area contributed by atoms with Crippen molar-refractivity contribution in [2.45, 2.75) is 32.7 Å². The topological polar surface area (TPSA) is 93.5 Å². The molecule has 28 heavy (non-hydrogen) atoms. The Morgan fingerprint density at radius 1 is 1.18 bits per heavy atom. The Morgan fingerprint density at radius 2 is 1.86 bits per heavy atom. The van der Waals surface area contributed by atoms with Crippen LogP contribution < -0.4 is 16.4 Å². The van der Waals surface area contributed by atoms with Crippen LogP contribution in [0.15, 0.2) is 48.2 Å². The minimum absolute atomic E-state index is 0.193. The predicted octanol–water partition coefficient (Wildman–Crippen LogP) is 3.85. The lowest BCUT2D eigenvalue weighted by molar-refractivity contribution is -0.110. The number of carbonyl (C=O) groups is 2. The number of amides is 1. The second kappa shape index (κ2) is 7.48. The minimum Gasteiger partial charge on any atom is -0.465 e. The Morgan fingerprint density at radius 3 is 2.43 bits per heavy atom. The van der Waals surface area contributed by atoms with E-state index in [2.05, 4.69) is 10.6 Å². The zero-order valence-electron chi connectivity index (χ0n) is 16.6. The molecule has 2 aromatic rings. The van der Waals surface area contributed by atoms with Crippen LogP contribution in [0, 0.1) is 0 Å². The van der Waals surface area contributed by atoms with E-state index in [4.69, 9.17) is 10.5 Å². The molecule has 0 spiro atoms. The van der Waals surface area contributed by atoms with Crippen LogP contribution in [0.4, 0.5) is 11.4 Å². The molecule has 2 aromatic carbocycles. The van der Waals surface area contributed by atoms with Gasteiger partial charge in [0, 0.05) is 22.5 Å². The van der Waals surface area contributed by atoms with E-state index in [-0.39, 0.29) is 5.91 Å². The average molecular weight is 379 g/mol. The van der Waals surface area contributed by atoms with Crippen LogP contribution in [0.5, 0.6) is 0 Å². The number of hydrogen-bond acceptors (Lipinski definition) is 5. The number of carbonyl (C=O) groups excluding carboxylic acids is 2. The molecule has 0 saturated carbocycles. The van der Waals surface area contributed by atoms with Gasteiger partial charge in [-0.1, -0.05) is 25.1 Å². The zero-order chi connectivity index (χ0) is 20.5. The van der Waals surface area contributed by atoms with Crippen molar-refractivity contribution in [1.82, 2.24) is 0 Å². The summed E-state index contributed by atoms with van der Waals surface area (Å²) in [6.07, 6.45) is 0.644. The van der Waals surface area contributed by atoms with Crippen molar-refractivity contribution in [3.63, 3.8) is 0 Å². The molecule has 0 aromatic heterocycles. The Bertz CT molecular complexity index is 954.